The third-order valence-corrected chi connectivity index (χ3v) is 7.51. The minimum Gasteiger partial charge on any atom is -0.389 e. The lowest BCUT2D eigenvalue weighted by Crippen LogP contribution is -2.40. The monoisotopic (exact) mass is 569 g/mol. The molecule has 0 spiro atoms. The molecule has 1 saturated heterocycles. The summed E-state index contributed by atoms with van der Waals surface area (Å²) in [4.78, 5) is 38.5. The van der Waals surface area contributed by atoms with E-state index in [1.54, 1.807) is 25.7 Å². The van der Waals surface area contributed by atoms with E-state index < -0.39 is 34.7 Å². The van der Waals surface area contributed by atoms with Crippen molar-refractivity contribution in [1.82, 2.24) is 19.8 Å². The lowest BCUT2D eigenvalue weighted by molar-refractivity contribution is -0.137. The van der Waals surface area contributed by atoms with Crippen LogP contribution in [0.15, 0.2) is 12.3 Å². The third kappa shape index (κ3) is 7.27. The molecule has 1 aliphatic rings. The summed E-state index contributed by atoms with van der Waals surface area (Å²) in [6, 6.07) is 0.731. The third-order valence-electron chi connectivity index (χ3n) is 6.43. The second-order valence-electron chi connectivity index (χ2n) is 11.9. The number of aliphatic hydroxyl groups is 1. The summed E-state index contributed by atoms with van der Waals surface area (Å²) >= 11 is 0.730. The number of thiazole rings is 1. The Morgan fingerprint density at radius 3 is 2.38 bits per heavy atom. The molecule has 0 aliphatic carbocycles. The zero-order chi connectivity index (χ0) is 29.5. The Morgan fingerprint density at radius 1 is 1.21 bits per heavy atom. The summed E-state index contributed by atoms with van der Waals surface area (Å²) < 4.78 is 43.1. The first-order valence-corrected chi connectivity index (χ1v) is 13.8. The van der Waals surface area contributed by atoms with E-state index in [4.69, 9.17) is 0 Å². The van der Waals surface area contributed by atoms with E-state index in [1.165, 1.54) is 25.8 Å². The van der Waals surface area contributed by atoms with E-state index in [0.717, 1.165) is 36.4 Å². The Bertz CT molecular complexity index is 1220. The maximum Gasteiger partial charge on any atom is 0.417 e. The Kier molecular flexibility index (Phi) is 8.72. The number of hydrogen-bond donors (Lipinski definition) is 2. The lowest BCUT2D eigenvalue weighted by atomic mass is 10.0. The van der Waals surface area contributed by atoms with Crippen molar-refractivity contribution in [2.75, 3.05) is 18.9 Å². The molecular formula is C27H38F3N5O3S. The van der Waals surface area contributed by atoms with Crippen LogP contribution in [0.1, 0.15) is 93.6 Å². The van der Waals surface area contributed by atoms with Crippen molar-refractivity contribution >= 4 is 29.0 Å². The van der Waals surface area contributed by atoms with Gasteiger partial charge in [0.25, 0.3) is 11.8 Å². The van der Waals surface area contributed by atoms with Crippen molar-refractivity contribution in [2.45, 2.75) is 97.1 Å². The number of amides is 2. The fourth-order valence-corrected chi connectivity index (χ4v) is 5.91. The van der Waals surface area contributed by atoms with Crippen LogP contribution in [0.4, 0.5) is 19.0 Å². The number of pyridine rings is 1. The number of likely N-dealkylation sites (N-methyl/N-ethyl adjacent to an activating group) is 1. The number of carbonyl (C=O) groups excluding carboxylic acids is 2. The maximum atomic E-state index is 14.4. The highest BCUT2D eigenvalue weighted by atomic mass is 32.1. The average Bonchev–Trinajstić information content (AvgIpc) is 3.39. The van der Waals surface area contributed by atoms with Gasteiger partial charge in [-0.2, -0.15) is 13.2 Å². The van der Waals surface area contributed by atoms with Gasteiger partial charge in [0.15, 0.2) is 5.01 Å². The van der Waals surface area contributed by atoms with Crippen molar-refractivity contribution < 1.29 is 27.9 Å². The predicted octanol–water partition coefficient (Wildman–Crippen LogP) is 5.68. The van der Waals surface area contributed by atoms with Gasteiger partial charge in [-0.05, 0) is 66.9 Å². The molecule has 216 valence electrons. The molecule has 2 aromatic heterocycles. The Hall–Kier alpha value is -2.73. The molecular weight excluding hydrogens is 531 g/mol. The number of nitrogens with one attached hydrogen (secondary N) is 1. The number of anilines is 1. The first kappa shape index (κ1) is 30.8. The summed E-state index contributed by atoms with van der Waals surface area (Å²) in [7, 11) is 1.47. The number of halogens is 3. The Balaban J connectivity index is 2.20. The number of alkyl halides is 3. The average molecular weight is 570 g/mol. The molecule has 2 unspecified atom stereocenters. The minimum atomic E-state index is -4.76. The van der Waals surface area contributed by atoms with Gasteiger partial charge >= 0.3 is 6.18 Å². The van der Waals surface area contributed by atoms with Crippen molar-refractivity contribution in [3.05, 3.63) is 28.5 Å². The van der Waals surface area contributed by atoms with Crippen LogP contribution in [0.5, 0.6) is 0 Å². The molecule has 1 aliphatic heterocycles. The molecule has 39 heavy (non-hydrogen) atoms. The SMILES string of the molecule is CCC1CCC(C)N1C(=O)c1nc(C(=O)N(C)CC(C)(C)O)sc1-c1cnc(NC(C)(C)C)cc1C(F)(F)F. The lowest BCUT2D eigenvalue weighted by Gasteiger charge is -2.28. The summed E-state index contributed by atoms with van der Waals surface area (Å²) in [5.41, 5.74) is -3.23. The van der Waals surface area contributed by atoms with Gasteiger partial charge < -0.3 is 20.2 Å². The van der Waals surface area contributed by atoms with Gasteiger partial charge in [-0.15, -0.1) is 11.3 Å². The molecule has 0 saturated carbocycles. The Labute approximate surface area is 231 Å². The largest absolute Gasteiger partial charge is 0.417 e. The van der Waals surface area contributed by atoms with Crippen LogP contribution in [0.25, 0.3) is 10.4 Å². The molecule has 3 heterocycles. The number of rotatable bonds is 7. The summed E-state index contributed by atoms with van der Waals surface area (Å²) in [5.74, 6) is -1.07. The molecule has 3 rings (SSSR count). The number of likely N-dealkylation sites (tertiary alicyclic amines) is 1. The number of hydrogen-bond acceptors (Lipinski definition) is 7. The number of aromatic nitrogens is 2. The number of carbonyl (C=O) groups is 2. The molecule has 2 N–H and O–H groups in total. The highest BCUT2D eigenvalue weighted by molar-refractivity contribution is 7.17. The van der Waals surface area contributed by atoms with Crippen molar-refractivity contribution in [3.63, 3.8) is 0 Å². The molecule has 1 fully saturated rings. The summed E-state index contributed by atoms with van der Waals surface area (Å²) in [5, 5.41) is 13.0. The fraction of sp³-hybridized carbons (Fsp3) is 0.630. The molecule has 0 radical (unpaired) electrons. The predicted molar refractivity (Wildman–Crippen MR) is 146 cm³/mol. The van der Waals surface area contributed by atoms with Crippen LogP contribution >= 0.6 is 11.3 Å². The van der Waals surface area contributed by atoms with Gasteiger partial charge in [-0.25, -0.2) is 9.97 Å². The zero-order valence-electron chi connectivity index (χ0n) is 23.7. The molecule has 0 aromatic carbocycles. The van der Waals surface area contributed by atoms with Crippen LogP contribution in [0.3, 0.4) is 0 Å². The van der Waals surface area contributed by atoms with E-state index >= 15 is 0 Å². The highest BCUT2D eigenvalue weighted by Crippen LogP contribution is 2.42. The molecule has 8 nitrogen and oxygen atoms in total. The van der Waals surface area contributed by atoms with E-state index in [1.807, 2.05) is 13.8 Å². The van der Waals surface area contributed by atoms with E-state index in [0.29, 0.717) is 6.42 Å². The normalized spacial score (nSPS) is 18.4. The molecule has 0 bridgehead atoms. The zero-order valence-corrected chi connectivity index (χ0v) is 24.5. The minimum absolute atomic E-state index is 0.0341. The van der Waals surface area contributed by atoms with Gasteiger partial charge in [0.2, 0.25) is 0 Å². The van der Waals surface area contributed by atoms with Crippen molar-refractivity contribution in [3.8, 4) is 10.4 Å². The maximum absolute atomic E-state index is 14.4. The van der Waals surface area contributed by atoms with Crippen LogP contribution < -0.4 is 5.32 Å². The van der Waals surface area contributed by atoms with E-state index in [-0.39, 0.29) is 45.6 Å². The summed E-state index contributed by atoms with van der Waals surface area (Å²) in [6.07, 6.45) is -1.43. The molecule has 2 aromatic rings. The standard InChI is InChI=1S/C27H38F3N5O3S/c1-9-16-11-10-15(2)35(16)23(36)20-21(39-22(32-20)24(37)34(8)14-26(6,7)38)17-13-31-19(33-25(3,4)5)12-18(17)27(28,29)30/h12-13,15-16,38H,9-11,14H2,1-8H3,(H,31,33). The van der Waals surface area contributed by atoms with Crippen molar-refractivity contribution in [2.24, 2.45) is 0 Å². The molecule has 2 amide bonds. The summed E-state index contributed by atoms with van der Waals surface area (Å²) in [6.45, 7) is 12.3. The fourth-order valence-electron chi connectivity index (χ4n) is 4.84. The smallest absolute Gasteiger partial charge is 0.389 e. The number of nitrogens with zero attached hydrogens (tertiary/aromatic N) is 4. The van der Waals surface area contributed by atoms with Crippen molar-refractivity contribution in [1.29, 1.82) is 0 Å². The first-order valence-electron chi connectivity index (χ1n) is 13.0. The quantitative estimate of drug-likeness (QED) is 0.445. The Morgan fingerprint density at radius 2 is 1.85 bits per heavy atom. The van der Waals surface area contributed by atoms with Crippen LogP contribution in [0.2, 0.25) is 0 Å². The van der Waals surface area contributed by atoms with Crippen LogP contribution in [0, 0.1) is 0 Å². The highest BCUT2D eigenvalue weighted by Gasteiger charge is 2.40. The van der Waals surface area contributed by atoms with Crippen LogP contribution in [-0.2, 0) is 6.18 Å². The van der Waals surface area contributed by atoms with Gasteiger partial charge in [0.1, 0.15) is 11.5 Å². The van der Waals surface area contributed by atoms with Gasteiger partial charge in [0, 0.05) is 43.0 Å². The van der Waals surface area contributed by atoms with Gasteiger partial charge in [0.05, 0.1) is 16.0 Å². The second kappa shape index (κ2) is 11.0. The topological polar surface area (TPSA) is 98.7 Å². The van der Waals surface area contributed by atoms with E-state index in [2.05, 4.69) is 15.3 Å². The van der Waals surface area contributed by atoms with Crippen LogP contribution in [-0.4, -0.2) is 73.5 Å². The van der Waals surface area contributed by atoms with Gasteiger partial charge in [-0.3, -0.25) is 9.59 Å². The first-order chi connectivity index (χ1) is 17.8. The molecule has 12 heteroatoms. The van der Waals surface area contributed by atoms with E-state index in [9.17, 15) is 27.9 Å². The second-order valence-corrected chi connectivity index (χ2v) is 12.9. The van der Waals surface area contributed by atoms with Gasteiger partial charge in [-0.1, -0.05) is 6.92 Å². The molecule has 2 atom stereocenters.